The van der Waals surface area contributed by atoms with Gasteiger partial charge in [0.05, 0.1) is 12.3 Å². The fourth-order valence-electron chi connectivity index (χ4n) is 1.76. The molecular formula is C14H15N3O2. The van der Waals surface area contributed by atoms with Gasteiger partial charge in [-0.25, -0.2) is 9.48 Å². The third-order valence-electron chi connectivity index (χ3n) is 3.10. The molecule has 1 aliphatic carbocycles. The van der Waals surface area contributed by atoms with E-state index in [1.165, 1.54) is 0 Å². The SMILES string of the molecule is Nc1ccc(-n2ccc(C(=O)OCC3CC3)n2)cc1. The van der Waals surface area contributed by atoms with Gasteiger partial charge in [0.1, 0.15) is 0 Å². The van der Waals surface area contributed by atoms with Crippen molar-refractivity contribution in [2.24, 2.45) is 5.92 Å². The normalized spacial score (nSPS) is 14.3. The van der Waals surface area contributed by atoms with Gasteiger partial charge in [0.25, 0.3) is 0 Å². The summed E-state index contributed by atoms with van der Waals surface area (Å²) < 4.78 is 6.82. The Balaban J connectivity index is 1.71. The Morgan fingerprint density at radius 3 is 2.74 bits per heavy atom. The van der Waals surface area contributed by atoms with Gasteiger partial charge in [-0.05, 0) is 49.1 Å². The van der Waals surface area contributed by atoms with Crippen LogP contribution in [0, 0.1) is 5.92 Å². The summed E-state index contributed by atoms with van der Waals surface area (Å²) in [7, 11) is 0. The lowest BCUT2D eigenvalue weighted by Gasteiger charge is -2.02. The summed E-state index contributed by atoms with van der Waals surface area (Å²) in [5.74, 6) is 0.198. The van der Waals surface area contributed by atoms with Crippen molar-refractivity contribution >= 4 is 11.7 Å². The van der Waals surface area contributed by atoms with Crippen LogP contribution < -0.4 is 5.73 Å². The fraction of sp³-hybridized carbons (Fsp3) is 0.286. The van der Waals surface area contributed by atoms with Gasteiger partial charge in [-0.1, -0.05) is 0 Å². The maximum atomic E-state index is 11.8. The number of esters is 1. The Hall–Kier alpha value is -2.30. The number of carbonyl (C=O) groups is 1. The van der Waals surface area contributed by atoms with Gasteiger partial charge >= 0.3 is 5.97 Å². The van der Waals surface area contributed by atoms with Crippen LogP contribution >= 0.6 is 0 Å². The molecule has 2 aromatic rings. The predicted octanol–water partition coefficient (Wildman–Crippen LogP) is 2.02. The molecule has 0 bridgehead atoms. The minimum Gasteiger partial charge on any atom is -0.461 e. The smallest absolute Gasteiger partial charge is 0.358 e. The van der Waals surface area contributed by atoms with E-state index in [2.05, 4.69) is 5.10 Å². The molecule has 5 nitrogen and oxygen atoms in total. The lowest BCUT2D eigenvalue weighted by atomic mass is 10.3. The molecule has 3 rings (SSSR count). The van der Waals surface area contributed by atoms with Crippen LogP contribution in [0.3, 0.4) is 0 Å². The van der Waals surface area contributed by atoms with Crippen LogP contribution in [0.15, 0.2) is 36.5 Å². The third kappa shape index (κ3) is 2.76. The summed E-state index contributed by atoms with van der Waals surface area (Å²) >= 11 is 0. The van der Waals surface area contributed by atoms with Crippen molar-refractivity contribution in [2.75, 3.05) is 12.3 Å². The molecule has 0 spiro atoms. The average molecular weight is 257 g/mol. The highest BCUT2D eigenvalue weighted by Gasteiger charge is 2.23. The Kier molecular flexibility index (Phi) is 2.95. The highest BCUT2D eigenvalue weighted by atomic mass is 16.5. The van der Waals surface area contributed by atoms with E-state index in [0.29, 0.717) is 23.9 Å². The van der Waals surface area contributed by atoms with Crippen LogP contribution in [-0.2, 0) is 4.74 Å². The van der Waals surface area contributed by atoms with E-state index < -0.39 is 0 Å². The van der Waals surface area contributed by atoms with E-state index in [1.807, 2.05) is 12.1 Å². The fourth-order valence-corrected chi connectivity index (χ4v) is 1.76. The van der Waals surface area contributed by atoms with E-state index in [9.17, 15) is 4.79 Å². The number of carbonyl (C=O) groups excluding carboxylic acids is 1. The Morgan fingerprint density at radius 1 is 1.32 bits per heavy atom. The van der Waals surface area contributed by atoms with Crippen LogP contribution in [0.4, 0.5) is 5.69 Å². The highest BCUT2D eigenvalue weighted by molar-refractivity contribution is 5.87. The Labute approximate surface area is 111 Å². The molecule has 1 aromatic heterocycles. The molecule has 1 aromatic carbocycles. The van der Waals surface area contributed by atoms with Crippen molar-refractivity contribution < 1.29 is 9.53 Å². The van der Waals surface area contributed by atoms with Gasteiger partial charge in [0, 0.05) is 11.9 Å². The number of benzene rings is 1. The summed E-state index contributed by atoms with van der Waals surface area (Å²) in [4.78, 5) is 11.8. The van der Waals surface area contributed by atoms with E-state index >= 15 is 0 Å². The molecule has 1 aliphatic rings. The maximum Gasteiger partial charge on any atom is 0.358 e. The first-order chi connectivity index (χ1) is 9.22. The van der Waals surface area contributed by atoms with Crippen LogP contribution in [0.2, 0.25) is 0 Å². The lowest BCUT2D eigenvalue weighted by Crippen LogP contribution is -2.09. The van der Waals surface area contributed by atoms with Crippen LogP contribution in [0.1, 0.15) is 23.3 Å². The van der Waals surface area contributed by atoms with Crippen molar-refractivity contribution in [1.29, 1.82) is 0 Å². The lowest BCUT2D eigenvalue weighted by molar-refractivity contribution is 0.0478. The van der Waals surface area contributed by atoms with Gasteiger partial charge in [0.2, 0.25) is 0 Å². The number of hydrogen-bond acceptors (Lipinski definition) is 4. The van der Waals surface area contributed by atoms with Gasteiger partial charge < -0.3 is 10.5 Å². The van der Waals surface area contributed by atoms with Crippen LogP contribution in [0.5, 0.6) is 0 Å². The quantitative estimate of drug-likeness (QED) is 0.672. The first-order valence-corrected chi connectivity index (χ1v) is 6.31. The molecule has 1 saturated carbocycles. The first kappa shape index (κ1) is 11.8. The number of hydrogen-bond donors (Lipinski definition) is 1. The molecule has 0 unspecified atom stereocenters. The standard InChI is InChI=1S/C14H15N3O2/c15-11-3-5-12(6-4-11)17-8-7-13(16-17)14(18)19-9-10-1-2-10/h3-8,10H,1-2,9,15H2. The second-order valence-electron chi connectivity index (χ2n) is 4.78. The monoisotopic (exact) mass is 257 g/mol. The molecule has 0 radical (unpaired) electrons. The molecular weight excluding hydrogens is 242 g/mol. The van der Waals surface area contributed by atoms with Gasteiger partial charge in [-0.15, -0.1) is 0 Å². The highest BCUT2D eigenvalue weighted by Crippen LogP contribution is 2.29. The van der Waals surface area contributed by atoms with Crippen molar-refractivity contribution in [3.63, 3.8) is 0 Å². The molecule has 5 heteroatoms. The molecule has 2 N–H and O–H groups in total. The van der Waals surface area contributed by atoms with Crippen molar-refractivity contribution in [1.82, 2.24) is 9.78 Å². The van der Waals surface area contributed by atoms with Gasteiger partial charge in [-0.2, -0.15) is 5.10 Å². The number of ether oxygens (including phenoxy) is 1. The first-order valence-electron chi connectivity index (χ1n) is 6.31. The van der Waals surface area contributed by atoms with Gasteiger partial charge in [-0.3, -0.25) is 0 Å². The third-order valence-corrected chi connectivity index (χ3v) is 3.10. The number of aromatic nitrogens is 2. The summed E-state index contributed by atoms with van der Waals surface area (Å²) in [6.45, 7) is 0.508. The minimum absolute atomic E-state index is 0.331. The van der Waals surface area contributed by atoms with E-state index in [0.717, 1.165) is 18.5 Å². The Morgan fingerprint density at radius 2 is 2.05 bits per heavy atom. The second-order valence-corrected chi connectivity index (χ2v) is 4.78. The molecule has 0 amide bonds. The molecule has 1 heterocycles. The van der Waals surface area contributed by atoms with E-state index in [1.54, 1.807) is 29.1 Å². The number of nitrogen functional groups attached to an aromatic ring is 1. The molecule has 0 aliphatic heterocycles. The molecule has 98 valence electrons. The Bertz CT molecular complexity index is 585. The zero-order chi connectivity index (χ0) is 13.2. The molecule has 1 fully saturated rings. The average Bonchev–Trinajstić information content (AvgIpc) is 3.12. The van der Waals surface area contributed by atoms with Crippen molar-refractivity contribution in [2.45, 2.75) is 12.8 Å². The topological polar surface area (TPSA) is 70.1 Å². The van der Waals surface area contributed by atoms with Crippen molar-refractivity contribution in [3.8, 4) is 5.69 Å². The van der Waals surface area contributed by atoms with Crippen LogP contribution in [-0.4, -0.2) is 22.4 Å². The van der Waals surface area contributed by atoms with E-state index in [4.69, 9.17) is 10.5 Å². The number of anilines is 1. The number of rotatable bonds is 4. The number of nitrogens with two attached hydrogens (primary N) is 1. The van der Waals surface area contributed by atoms with Crippen LogP contribution in [0.25, 0.3) is 5.69 Å². The van der Waals surface area contributed by atoms with Crippen molar-refractivity contribution in [3.05, 3.63) is 42.2 Å². The molecule has 0 atom stereocenters. The minimum atomic E-state index is -0.360. The maximum absolute atomic E-state index is 11.8. The largest absolute Gasteiger partial charge is 0.461 e. The summed E-state index contributed by atoms with van der Waals surface area (Å²) in [5.41, 5.74) is 7.51. The summed E-state index contributed by atoms with van der Waals surface area (Å²) in [6, 6.07) is 8.94. The zero-order valence-corrected chi connectivity index (χ0v) is 10.5. The van der Waals surface area contributed by atoms with E-state index in [-0.39, 0.29) is 5.97 Å². The number of nitrogens with zero attached hydrogens (tertiary/aromatic N) is 2. The zero-order valence-electron chi connectivity index (χ0n) is 10.5. The molecule has 19 heavy (non-hydrogen) atoms. The predicted molar refractivity (Wildman–Crippen MR) is 71.0 cm³/mol. The second kappa shape index (κ2) is 4.76. The van der Waals surface area contributed by atoms with Gasteiger partial charge in [0.15, 0.2) is 5.69 Å². The summed E-state index contributed by atoms with van der Waals surface area (Å²) in [6.07, 6.45) is 4.06. The summed E-state index contributed by atoms with van der Waals surface area (Å²) in [5, 5.41) is 4.21. The molecule has 0 saturated heterocycles.